The Morgan fingerprint density at radius 2 is 0.947 bits per heavy atom. The van der Waals surface area contributed by atoms with Gasteiger partial charge in [0.05, 0.1) is 12.7 Å². The summed E-state index contributed by atoms with van der Waals surface area (Å²) in [6, 6.07) is -2.94. The minimum atomic E-state index is -1.65. The molecule has 57 heavy (non-hydrogen) atoms. The lowest BCUT2D eigenvalue weighted by molar-refractivity contribution is -0.293. The van der Waals surface area contributed by atoms with Crippen LogP contribution in [0.5, 0.6) is 0 Å². The van der Waals surface area contributed by atoms with E-state index in [1.54, 1.807) is 0 Å². The van der Waals surface area contributed by atoms with Gasteiger partial charge >= 0.3 is 11.9 Å². The SMILES string of the molecule is CCCCCCCCCCCCCCC(CCCCCCCCCCCCCC)C(=O)N[C@@H](CO[C@@H]1O[C@@H](C)[C@@H](O)[C@@H](O)[C@@H]1O)C(=O)N[C@H](CCC(=O)O)C(=O)O. The van der Waals surface area contributed by atoms with Gasteiger partial charge in [-0.25, -0.2) is 4.79 Å². The molecule has 1 aliphatic heterocycles. The zero-order valence-corrected chi connectivity index (χ0v) is 35.8. The highest BCUT2D eigenvalue weighted by Crippen LogP contribution is 2.23. The molecule has 2 amide bonds. The van der Waals surface area contributed by atoms with E-state index < -0.39 is 73.7 Å². The summed E-state index contributed by atoms with van der Waals surface area (Å²) < 4.78 is 11.2. The van der Waals surface area contributed by atoms with E-state index in [1.165, 1.54) is 110 Å². The highest BCUT2D eigenvalue weighted by atomic mass is 16.7. The molecule has 0 aromatic heterocycles. The van der Waals surface area contributed by atoms with Crippen LogP contribution in [0.1, 0.15) is 201 Å². The van der Waals surface area contributed by atoms with Gasteiger partial charge in [-0.2, -0.15) is 0 Å². The maximum Gasteiger partial charge on any atom is 0.326 e. The summed E-state index contributed by atoms with van der Waals surface area (Å²) in [4.78, 5) is 50.5. The average molecular weight is 815 g/mol. The van der Waals surface area contributed by atoms with Crippen LogP contribution < -0.4 is 10.6 Å². The summed E-state index contributed by atoms with van der Waals surface area (Å²) in [6.45, 7) is 5.41. The topological polar surface area (TPSA) is 212 Å². The standard InChI is InChI=1S/C44H82N2O11/c1-4-6-8-10-12-14-16-18-20-22-24-26-28-34(29-27-25-23-21-19-17-15-13-11-9-7-5-2)41(52)46-36(42(53)45-35(43(54)55)30-31-37(47)48)32-56-44-40(51)39(50)38(49)33(3)57-44/h33-36,38-40,44,49-51H,4-32H2,1-3H3,(H,45,53)(H,46,52)(H,47,48)(H,54,55)/t33-,35+,36-,38+,39+,40-,44+/m0/s1. The van der Waals surface area contributed by atoms with Crippen LogP contribution in [-0.2, 0) is 28.7 Å². The molecule has 1 rings (SSSR count). The Hall–Kier alpha value is -2.32. The summed E-state index contributed by atoms with van der Waals surface area (Å²) in [5.74, 6) is -4.29. The number of ether oxygens (including phenoxy) is 2. The number of carboxylic acid groups (broad SMARTS) is 2. The van der Waals surface area contributed by atoms with Crippen LogP contribution in [0.15, 0.2) is 0 Å². The van der Waals surface area contributed by atoms with E-state index in [-0.39, 0.29) is 18.2 Å². The normalized spacial score (nSPS) is 20.6. The van der Waals surface area contributed by atoms with Gasteiger partial charge in [0.25, 0.3) is 0 Å². The fraction of sp³-hybridized carbons (Fsp3) is 0.909. The van der Waals surface area contributed by atoms with Gasteiger partial charge in [0.1, 0.15) is 30.4 Å². The number of unbranched alkanes of at least 4 members (excludes halogenated alkanes) is 22. The van der Waals surface area contributed by atoms with Crippen LogP contribution in [-0.4, -0.2) is 98.7 Å². The fourth-order valence-corrected chi connectivity index (χ4v) is 7.48. The number of rotatable bonds is 37. The van der Waals surface area contributed by atoms with Gasteiger partial charge in [0, 0.05) is 12.3 Å². The first-order valence-electron chi connectivity index (χ1n) is 22.8. The number of amides is 2. The van der Waals surface area contributed by atoms with E-state index in [2.05, 4.69) is 24.5 Å². The third kappa shape index (κ3) is 25.0. The maximum atomic E-state index is 13.9. The predicted molar refractivity (Wildman–Crippen MR) is 222 cm³/mol. The number of carbonyl (C=O) groups is 4. The minimum absolute atomic E-state index is 0.365. The fourth-order valence-electron chi connectivity index (χ4n) is 7.48. The minimum Gasteiger partial charge on any atom is -0.481 e. The lowest BCUT2D eigenvalue weighted by atomic mass is 9.92. The first kappa shape index (κ1) is 52.7. The molecule has 0 aliphatic carbocycles. The van der Waals surface area contributed by atoms with E-state index in [9.17, 15) is 39.6 Å². The van der Waals surface area contributed by atoms with E-state index >= 15 is 0 Å². The number of aliphatic hydroxyl groups excluding tert-OH is 3. The molecule has 1 fully saturated rings. The molecular formula is C44H82N2O11. The molecule has 0 unspecified atom stereocenters. The van der Waals surface area contributed by atoms with Gasteiger partial charge in [-0.15, -0.1) is 0 Å². The number of hydrogen-bond donors (Lipinski definition) is 7. The molecule has 13 heteroatoms. The van der Waals surface area contributed by atoms with Gasteiger partial charge in [-0.1, -0.05) is 168 Å². The lowest BCUT2D eigenvalue weighted by Crippen LogP contribution is -2.59. The molecule has 13 nitrogen and oxygen atoms in total. The lowest BCUT2D eigenvalue weighted by Gasteiger charge is -2.39. The van der Waals surface area contributed by atoms with Crippen LogP contribution in [0, 0.1) is 5.92 Å². The second kappa shape index (κ2) is 33.5. The second-order valence-corrected chi connectivity index (χ2v) is 16.5. The van der Waals surface area contributed by atoms with Crippen LogP contribution >= 0.6 is 0 Å². The number of carboxylic acids is 2. The smallest absolute Gasteiger partial charge is 0.326 e. The van der Waals surface area contributed by atoms with E-state index in [0.29, 0.717) is 12.8 Å². The molecular weight excluding hydrogens is 732 g/mol. The predicted octanol–water partition coefficient (Wildman–Crippen LogP) is 7.55. The van der Waals surface area contributed by atoms with Gasteiger partial charge in [0.15, 0.2) is 6.29 Å². The summed E-state index contributed by atoms with van der Waals surface area (Å²) in [5.41, 5.74) is 0. The van der Waals surface area contributed by atoms with Crippen molar-refractivity contribution >= 4 is 23.8 Å². The Labute approximate surface area is 343 Å². The Balaban J connectivity index is 2.89. The summed E-state index contributed by atoms with van der Waals surface area (Å²) >= 11 is 0. The Morgan fingerprint density at radius 3 is 1.35 bits per heavy atom. The molecule has 7 N–H and O–H groups in total. The van der Waals surface area contributed by atoms with Gasteiger partial charge in [-0.05, 0) is 26.2 Å². The molecule has 1 heterocycles. The van der Waals surface area contributed by atoms with Crippen LogP contribution in [0.4, 0.5) is 0 Å². The average Bonchev–Trinajstić information content (AvgIpc) is 3.18. The monoisotopic (exact) mass is 815 g/mol. The highest BCUT2D eigenvalue weighted by Gasteiger charge is 2.43. The van der Waals surface area contributed by atoms with Gasteiger partial charge < -0.3 is 45.6 Å². The van der Waals surface area contributed by atoms with Crippen molar-refractivity contribution in [1.82, 2.24) is 10.6 Å². The van der Waals surface area contributed by atoms with Gasteiger partial charge in [0.2, 0.25) is 11.8 Å². The quantitative estimate of drug-likeness (QED) is 0.0304. The maximum absolute atomic E-state index is 13.9. The molecule has 0 saturated carbocycles. The first-order valence-corrected chi connectivity index (χ1v) is 22.8. The Morgan fingerprint density at radius 1 is 0.544 bits per heavy atom. The third-order valence-electron chi connectivity index (χ3n) is 11.3. The first-order chi connectivity index (χ1) is 27.4. The van der Waals surface area contributed by atoms with Crippen molar-refractivity contribution in [2.45, 2.75) is 243 Å². The van der Waals surface area contributed by atoms with Crippen LogP contribution in [0.3, 0.4) is 0 Å². The molecule has 0 spiro atoms. The summed E-state index contributed by atoms with van der Waals surface area (Å²) in [6.07, 6.45) is 22.2. The van der Waals surface area contributed by atoms with Gasteiger partial charge in [-0.3, -0.25) is 14.4 Å². The van der Waals surface area contributed by atoms with E-state index in [0.717, 1.165) is 51.4 Å². The summed E-state index contributed by atoms with van der Waals surface area (Å²) in [7, 11) is 0. The van der Waals surface area contributed by atoms with Crippen molar-refractivity contribution < 1.29 is 54.2 Å². The Bertz CT molecular complexity index is 1040. The largest absolute Gasteiger partial charge is 0.481 e. The third-order valence-corrected chi connectivity index (χ3v) is 11.3. The Kier molecular flexibility index (Phi) is 31.0. The van der Waals surface area contributed by atoms with Crippen molar-refractivity contribution in [3.8, 4) is 0 Å². The van der Waals surface area contributed by atoms with Crippen LogP contribution in [0.25, 0.3) is 0 Å². The molecule has 0 aromatic carbocycles. The van der Waals surface area contributed by atoms with E-state index in [1.807, 2.05) is 0 Å². The number of aliphatic hydroxyl groups is 3. The van der Waals surface area contributed by atoms with E-state index in [4.69, 9.17) is 14.6 Å². The molecule has 0 radical (unpaired) electrons. The second-order valence-electron chi connectivity index (χ2n) is 16.5. The molecule has 1 aliphatic rings. The molecule has 0 bridgehead atoms. The van der Waals surface area contributed by atoms with Crippen molar-refractivity contribution in [1.29, 1.82) is 0 Å². The summed E-state index contributed by atoms with van der Waals surface area (Å²) in [5, 5.41) is 54.7. The molecule has 7 atom stereocenters. The van der Waals surface area contributed by atoms with Crippen LogP contribution in [0.2, 0.25) is 0 Å². The highest BCUT2D eigenvalue weighted by molar-refractivity contribution is 5.91. The number of aliphatic carboxylic acids is 2. The van der Waals surface area contributed by atoms with Crippen molar-refractivity contribution in [3.63, 3.8) is 0 Å². The molecule has 334 valence electrons. The number of carbonyl (C=O) groups excluding carboxylic acids is 2. The zero-order valence-electron chi connectivity index (χ0n) is 35.8. The number of nitrogens with one attached hydrogen (secondary N) is 2. The van der Waals surface area contributed by atoms with Crippen molar-refractivity contribution in [2.24, 2.45) is 5.92 Å². The zero-order chi connectivity index (χ0) is 42.3. The molecule has 0 aromatic rings. The number of hydrogen-bond acceptors (Lipinski definition) is 9. The van der Waals surface area contributed by atoms with Crippen molar-refractivity contribution in [2.75, 3.05) is 6.61 Å². The van der Waals surface area contributed by atoms with Crippen molar-refractivity contribution in [3.05, 3.63) is 0 Å². The molecule has 1 saturated heterocycles.